The van der Waals surface area contributed by atoms with Gasteiger partial charge in [-0.1, -0.05) is 46.3 Å². The van der Waals surface area contributed by atoms with Gasteiger partial charge in [0.2, 0.25) is 0 Å². The molecular formula is C19H17BrO2S. The molecule has 0 bridgehead atoms. The van der Waals surface area contributed by atoms with Crippen molar-refractivity contribution in [2.45, 2.75) is 11.3 Å². The van der Waals surface area contributed by atoms with Crippen LogP contribution in [0.4, 0.5) is 0 Å². The first-order valence-electron chi connectivity index (χ1n) is 7.54. The number of rotatable bonds is 5. The molecule has 0 saturated heterocycles. The van der Waals surface area contributed by atoms with E-state index in [1.807, 2.05) is 54.6 Å². The van der Waals surface area contributed by atoms with Crippen molar-refractivity contribution in [3.8, 4) is 5.75 Å². The van der Waals surface area contributed by atoms with E-state index in [0.29, 0.717) is 12.4 Å². The average Bonchev–Trinajstić information content (AvgIpc) is 2.59. The van der Waals surface area contributed by atoms with Gasteiger partial charge < -0.3 is 4.74 Å². The highest BCUT2D eigenvalue weighted by molar-refractivity contribution is 9.09. The standard InChI is InChI=1S/C19H17BrO2S/c20-9-4-10-22-16-7-8-18-17(12-16)19(21)15(13-23-18)11-14-5-2-1-3-6-14/h1-3,5-8,11-12H,4,9-10,13H2/b15-11-. The third kappa shape index (κ3) is 4.06. The van der Waals surface area contributed by atoms with Crippen LogP contribution in [-0.2, 0) is 0 Å². The Morgan fingerprint density at radius 3 is 2.78 bits per heavy atom. The van der Waals surface area contributed by atoms with E-state index in [4.69, 9.17) is 4.74 Å². The van der Waals surface area contributed by atoms with Crippen LogP contribution in [-0.4, -0.2) is 23.5 Å². The van der Waals surface area contributed by atoms with Gasteiger partial charge in [-0.25, -0.2) is 0 Å². The number of alkyl halides is 1. The van der Waals surface area contributed by atoms with Crippen molar-refractivity contribution in [1.82, 2.24) is 0 Å². The summed E-state index contributed by atoms with van der Waals surface area (Å²) in [5, 5.41) is 0.913. The van der Waals surface area contributed by atoms with Crippen molar-refractivity contribution >= 4 is 39.6 Å². The number of fused-ring (bicyclic) bond motifs is 1. The molecule has 3 rings (SSSR count). The smallest absolute Gasteiger partial charge is 0.191 e. The maximum atomic E-state index is 12.8. The summed E-state index contributed by atoms with van der Waals surface area (Å²) < 4.78 is 5.70. The number of hydrogen-bond donors (Lipinski definition) is 0. The predicted molar refractivity (Wildman–Crippen MR) is 99.8 cm³/mol. The van der Waals surface area contributed by atoms with Gasteiger partial charge in [0.25, 0.3) is 0 Å². The summed E-state index contributed by atoms with van der Waals surface area (Å²) >= 11 is 5.09. The van der Waals surface area contributed by atoms with Crippen LogP contribution in [0, 0.1) is 0 Å². The quantitative estimate of drug-likeness (QED) is 0.398. The summed E-state index contributed by atoms with van der Waals surface area (Å²) in [4.78, 5) is 13.8. The zero-order chi connectivity index (χ0) is 16.1. The molecule has 4 heteroatoms. The number of Topliss-reactive ketones (excluding diaryl/α,β-unsaturated/α-hetero) is 1. The van der Waals surface area contributed by atoms with E-state index in [9.17, 15) is 4.79 Å². The third-order valence-electron chi connectivity index (χ3n) is 3.56. The van der Waals surface area contributed by atoms with E-state index in [2.05, 4.69) is 15.9 Å². The van der Waals surface area contributed by atoms with Crippen LogP contribution in [0.15, 0.2) is 59.0 Å². The maximum Gasteiger partial charge on any atom is 0.191 e. The first-order chi connectivity index (χ1) is 11.3. The fraction of sp³-hybridized carbons (Fsp3) is 0.211. The van der Waals surface area contributed by atoms with E-state index in [-0.39, 0.29) is 5.78 Å². The third-order valence-corrected chi connectivity index (χ3v) is 5.24. The van der Waals surface area contributed by atoms with Crippen LogP contribution in [0.3, 0.4) is 0 Å². The lowest BCUT2D eigenvalue weighted by Crippen LogP contribution is -2.12. The van der Waals surface area contributed by atoms with Crippen molar-refractivity contribution in [3.05, 3.63) is 65.2 Å². The molecule has 1 aliphatic heterocycles. The summed E-state index contributed by atoms with van der Waals surface area (Å²) in [6.45, 7) is 0.651. The molecule has 2 aromatic rings. The zero-order valence-electron chi connectivity index (χ0n) is 12.6. The van der Waals surface area contributed by atoms with Gasteiger partial charge in [-0.15, -0.1) is 11.8 Å². The number of ketones is 1. The molecule has 0 spiro atoms. The summed E-state index contributed by atoms with van der Waals surface area (Å²) in [5.41, 5.74) is 2.65. The Balaban J connectivity index is 1.83. The van der Waals surface area contributed by atoms with Crippen LogP contribution in [0.2, 0.25) is 0 Å². The summed E-state index contributed by atoms with van der Waals surface area (Å²) in [6, 6.07) is 15.8. The second-order valence-electron chi connectivity index (χ2n) is 5.25. The normalized spacial score (nSPS) is 15.5. The molecule has 0 unspecified atom stereocenters. The molecule has 0 atom stereocenters. The lowest BCUT2D eigenvalue weighted by atomic mass is 10.0. The number of carbonyl (C=O) groups is 1. The van der Waals surface area contributed by atoms with E-state index >= 15 is 0 Å². The molecule has 0 N–H and O–H groups in total. The Hall–Kier alpha value is -1.52. The molecule has 2 nitrogen and oxygen atoms in total. The topological polar surface area (TPSA) is 26.3 Å². The largest absolute Gasteiger partial charge is 0.494 e. The highest BCUT2D eigenvalue weighted by atomic mass is 79.9. The van der Waals surface area contributed by atoms with Crippen molar-refractivity contribution in [2.24, 2.45) is 0 Å². The fourth-order valence-electron chi connectivity index (χ4n) is 2.40. The number of halogens is 1. The van der Waals surface area contributed by atoms with E-state index in [1.54, 1.807) is 11.8 Å². The molecule has 0 amide bonds. The molecular weight excluding hydrogens is 372 g/mol. The molecule has 2 aromatic carbocycles. The Morgan fingerprint density at radius 1 is 1.17 bits per heavy atom. The summed E-state index contributed by atoms with van der Waals surface area (Å²) in [5.74, 6) is 1.58. The number of thioether (sulfide) groups is 1. The first-order valence-corrected chi connectivity index (χ1v) is 9.64. The van der Waals surface area contributed by atoms with Gasteiger partial charge in [0.1, 0.15) is 5.75 Å². The molecule has 0 radical (unpaired) electrons. The van der Waals surface area contributed by atoms with Gasteiger partial charge in [-0.05, 0) is 36.3 Å². The van der Waals surface area contributed by atoms with Gasteiger partial charge in [-0.2, -0.15) is 0 Å². The minimum Gasteiger partial charge on any atom is -0.494 e. The molecule has 0 saturated carbocycles. The van der Waals surface area contributed by atoms with Crippen LogP contribution in [0.25, 0.3) is 6.08 Å². The second kappa shape index (κ2) is 7.84. The number of carbonyl (C=O) groups excluding carboxylic acids is 1. The number of benzene rings is 2. The highest BCUT2D eigenvalue weighted by Crippen LogP contribution is 2.35. The molecule has 118 valence electrons. The number of ether oxygens (including phenoxy) is 1. The SMILES string of the molecule is O=C1/C(=C\c2ccccc2)CSc2ccc(OCCCBr)cc21. The molecule has 0 fully saturated rings. The summed E-state index contributed by atoms with van der Waals surface area (Å²) in [6.07, 6.45) is 2.93. The number of hydrogen-bond acceptors (Lipinski definition) is 3. The van der Waals surface area contributed by atoms with Crippen molar-refractivity contribution in [2.75, 3.05) is 17.7 Å². The lowest BCUT2D eigenvalue weighted by molar-refractivity contribution is 0.103. The van der Waals surface area contributed by atoms with Gasteiger partial charge in [0, 0.05) is 27.1 Å². The molecule has 0 aromatic heterocycles. The predicted octanol–water partition coefficient (Wildman–Crippen LogP) is 5.22. The Labute approximate surface area is 149 Å². The summed E-state index contributed by atoms with van der Waals surface area (Å²) in [7, 11) is 0. The van der Waals surface area contributed by atoms with Gasteiger partial charge >= 0.3 is 0 Å². The Bertz CT molecular complexity index is 725. The Morgan fingerprint density at radius 2 is 2.00 bits per heavy atom. The van der Waals surface area contributed by atoms with Gasteiger partial charge in [-0.3, -0.25) is 4.79 Å². The van der Waals surface area contributed by atoms with Crippen molar-refractivity contribution < 1.29 is 9.53 Å². The van der Waals surface area contributed by atoms with Crippen LogP contribution in [0.5, 0.6) is 5.75 Å². The van der Waals surface area contributed by atoms with Crippen LogP contribution in [0.1, 0.15) is 22.3 Å². The van der Waals surface area contributed by atoms with E-state index in [1.165, 1.54) is 0 Å². The van der Waals surface area contributed by atoms with E-state index in [0.717, 1.165) is 39.1 Å². The van der Waals surface area contributed by atoms with Crippen molar-refractivity contribution in [1.29, 1.82) is 0 Å². The molecule has 1 heterocycles. The van der Waals surface area contributed by atoms with Crippen LogP contribution >= 0.6 is 27.7 Å². The monoisotopic (exact) mass is 388 g/mol. The highest BCUT2D eigenvalue weighted by Gasteiger charge is 2.23. The first kappa shape index (κ1) is 16.3. The second-order valence-corrected chi connectivity index (χ2v) is 7.06. The van der Waals surface area contributed by atoms with Gasteiger partial charge in [0.15, 0.2) is 5.78 Å². The van der Waals surface area contributed by atoms with Crippen LogP contribution < -0.4 is 4.74 Å². The minimum atomic E-state index is 0.105. The lowest BCUT2D eigenvalue weighted by Gasteiger charge is -2.18. The zero-order valence-corrected chi connectivity index (χ0v) is 15.0. The maximum absolute atomic E-state index is 12.8. The van der Waals surface area contributed by atoms with Crippen molar-refractivity contribution in [3.63, 3.8) is 0 Å². The minimum absolute atomic E-state index is 0.105. The molecule has 0 aliphatic carbocycles. The van der Waals surface area contributed by atoms with Gasteiger partial charge in [0.05, 0.1) is 6.61 Å². The van der Waals surface area contributed by atoms with E-state index < -0.39 is 0 Å². The molecule has 1 aliphatic rings. The molecule has 23 heavy (non-hydrogen) atoms. The average molecular weight is 389 g/mol. The Kier molecular flexibility index (Phi) is 5.57. The fourth-order valence-corrected chi connectivity index (χ4v) is 3.62.